The zero-order chi connectivity index (χ0) is 58.5. The summed E-state index contributed by atoms with van der Waals surface area (Å²) >= 11 is 14.8. The predicted octanol–water partition coefficient (Wildman–Crippen LogP) is 8.35. The van der Waals surface area contributed by atoms with Crippen molar-refractivity contribution in [2.24, 2.45) is 0 Å². The van der Waals surface area contributed by atoms with Crippen LogP contribution < -0.4 is 9.47 Å². The number of carbonyl (C=O) groups is 8. The van der Waals surface area contributed by atoms with E-state index in [1.807, 2.05) is 38.1 Å². The molecule has 0 amide bonds. The van der Waals surface area contributed by atoms with Crippen LogP contribution in [0.4, 0.5) is 0 Å². The van der Waals surface area contributed by atoms with E-state index in [1.165, 1.54) is 13.8 Å². The Balaban J connectivity index is 1.65. The van der Waals surface area contributed by atoms with Gasteiger partial charge in [0.15, 0.2) is 36.6 Å². The normalized spacial score (nSPS) is 23.1. The Hall–Kier alpha value is -7.26. The summed E-state index contributed by atoms with van der Waals surface area (Å²) in [4.78, 5) is 101. The predicted molar refractivity (Wildman–Crippen MR) is 284 cm³/mol. The van der Waals surface area contributed by atoms with E-state index in [0.717, 1.165) is 41.5 Å². The highest BCUT2D eigenvalue weighted by Gasteiger charge is 2.54. The average Bonchev–Trinajstić information content (AvgIpc) is 3.57. The van der Waals surface area contributed by atoms with Crippen molar-refractivity contribution in [3.63, 3.8) is 0 Å². The maximum absolute atomic E-state index is 13.0. The first-order chi connectivity index (χ1) is 38.0. The lowest BCUT2D eigenvalue weighted by molar-refractivity contribution is -0.254. The van der Waals surface area contributed by atoms with Gasteiger partial charge in [0.05, 0.1) is 13.2 Å². The Morgan fingerprint density at radius 2 is 0.713 bits per heavy atom. The van der Waals surface area contributed by atoms with E-state index < -0.39 is 134 Å². The van der Waals surface area contributed by atoms with E-state index in [4.69, 9.17) is 80.0 Å². The molecule has 12 atom stereocenters. The van der Waals surface area contributed by atoms with Gasteiger partial charge in [0.25, 0.3) is 0 Å². The third kappa shape index (κ3) is 16.0. The van der Waals surface area contributed by atoms with E-state index in [0.29, 0.717) is 58.1 Å². The summed E-state index contributed by atoms with van der Waals surface area (Å²) in [7, 11) is 0. The molecule has 0 saturated carbocycles. The van der Waals surface area contributed by atoms with Gasteiger partial charge in [0.2, 0.25) is 0 Å². The van der Waals surface area contributed by atoms with E-state index in [2.05, 4.69) is 0 Å². The molecule has 2 saturated heterocycles. The summed E-state index contributed by atoms with van der Waals surface area (Å²) in [5.74, 6) is -6.83. The molecule has 6 rings (SSSR count). The van der Waals surface area contributed by atoms with Crippen molar-refractivity contribution < 1.29 is 95.2 Å². The van der Waals surface area contributed by atoms with Crippen molar-refractivity contribution in [3.05, 3.63) is 128 Å². The van der Waals surface area contributed by atoms with Crippen LogP contribution >= 0.6 is 23.2 Å². The minimum atomic E-state index is -1.49. The molecule has 4 aromatic carbocycles. The van der Waals surface area contributed by atoms with Crippen molar-refractivity contribution in [3.8, 4) is 11.5 Å². The van der Waals surface area contributed by atoms with E-state index in [-0.39, 0.29) is 10.0 Å². The van der Waals surface area contributed by atoms with Crippen LogP contribution in [-0.4, -0.2) is 123 Å². The molecule has 0 radical (unpaired) electrons. The largest absolute Gasteiger partial charge is 0.494 e. The lowest BCUT2D eigenvalue weighted by Crippen LogP contribution is -2.59. The maximum Gasteiger partial charge on any atom is 0.303 e. The van der Waals surface area contributed by atoms with Gasteiger partial charge in [-0.25, -0.2) is 0 Å². The highest BCUT2D eigenvalue weighted by molar-refractivity contribution is 6.32. The number of ether oxygens (including phenoxy) is 12. The fourth-order valence-corrected chi connectivity index (χ4v) is 10.4. The fourth-order valence-electron chi connectivity index (χ4n) is 9.93. The van der Waals surface area contributed by atoms with Gasteiger partial charge in [-0.05, 0) is 83.6 Å². The van der Waals surface area contributed by atoms with Crippen LogP contribution in [0.25, 0.3) is 0 Å². The SMILES string of the molecule is CCOc1ccc(C(c2cc([C@@H]3O[C@H](COC(C)=O)[C@@H](OC(C)=O)[C@H](OC(C)=O)[C@H]3OC(C)=O)ccc2Cl)C(c2ccc(OCC)cc2)c2cc([C@@H]3O[C@H](COC(C)=O)[C@@H](OC(C)=O)[C@H](OC(C)=O)[C@H]3OC(C)=O)ccc2Cl)cc1. The molecular weight excluding hydrogens is 1090 g/mol. The minimum absolute atomic E-state index is 0.223. The number of hydrogen-bond donors (Lipinski definition) is 0. The van der Waals surface area contributed by atoms with Crippen LogP contribution in [-0.2, 0) is 85.7 Å². The third-order valence-corrected chi connectivity index (χ3v) is 13.5. The van der Waals surface area contributed by atoms with E-state index >= 15 is 0 Å². The van der Waals surface area contributed by atoms with Crippen LogP contribution in [0.3, 0.4) is 0 Å². The Labute approximate surface area is 472 Å². The lowest BCUT2D eigenvalue weighted by atomic mass is 9.72. The van der Waals surface area contributed by atoms with Crippen LogP contribution in [0.1, 0.15) is 127 Å². The molecule has 430 valence electrons. The molecule has 2 unspecified atom stereocenters. The lowest BCUT2D eigenvalue weighted by Gasteiger charge is -2.45. The van der Waals surface area contributed by atoms with Crippen LogP contribution in [0.15, 0.2) is 84.9 Å². The molecule has 0 bridgehead atoms. The van der Waals surface area contributed by atoms with Crippen molar-refractivity contribution in [1.82, 2.24) is 0 Å². The average molecular weight is 1150 g/mol. The van der Waals surface area contributed by atoms with Gasteiger partial charge in [-0.2, -0.15) is 0 Å². The smallest absolute Gasteiger partial charge is 0.303 e. The monoisotopic (exact) mass is 1150 g/mol. The summed E-state index contributed by atoms with van der Waals surface area (Å²) < 4.78 is 70.5. The van der Waals surface area contributed by atoms with E-state index in [9.17, 15) is 38.4 Å². The molecule has 4 aromatic rings. The molecule has 2 fully saturated rings. The summed E-state index contributed by atoms with van der Waals surface area (Å²) in [5.41, 5.74) is 2.83. The standard InChI is InChI=1S/C58H64Cl2O20/c1-11-69-41-19-13-37(14-20-41)49(43-25-39(17-23-45(43)59)51-55(75-33(7)65)57(77-35(9)67)53(73-31(5)63)47(79-51)27-71-29(3)61)50(38-15-21-42(22-16-38)70-12-2)44-26-40(18-24-46(44)60)52-56(76-34(8)66)58(78-36(10)68)54(74-32(6)64)48(80-52)28-72-30(4)62/h13-26,47-58H,11-12,27-28H2,1-10H3/t47-,48-,49?,50?,51+,52+,53-,54-,55+,56+,57+,58+/m1/s1. The first-order valence-corrected chi connectivity index (χ1v) is 26.4. The highest BCUT2D eigenvalue weighted by Crippen LogP contribution is 2.50. The van der Waals surface area contributed by atoms with Gasteiger partial charge in [-0.3, -0.25) is 38.4 Å². The van der Waals surface area contributed by atoms with Crippen molar-refractivity contribution in [2.75, 3.05) is 26.4 Å². The van der Waals surface area contributed by atoms with Crippen molar-refractivity contribution >= 4 is 71.0 Å². The summed E-state index contributed by atoms with van der Waals surface area (Å²) in [6, 6.07) is 24.4. The van der Waals surface area contributed by atoms with Gasteiger partial charge in [-0.15, -0.1) is 0 Å². The molecular formula is C58H64Cl2O20. The first-order valence-electron chi connectivity index (χ1n) is 25.6. The quantitative estimate of drug-likeness (QED) is 0.0561. The molecule has 0 aliphatic carbocycles. The number of esters is 8. The Morgan fingerprint density at radius 3 is 1.00 bits per heavy atom. The van der Waals surface area contributed by atoms with Gasteiger partial charge < -0.3 is 56.8 Å². The first kappa shape index (κ1) is 61.9. The highest BCUT2D eigenvalue weighted by atomic mass is 35.5. The van der Waals surface area contributed by atoms with Gasteiger partial charge in [-0.1, -0.05) is 71.7 Å². The van der Waals surface area contributed by atoms with Crippen molar-refractivity contribution in [1.29, 1.82) is 0 Å². The van der Waals surface area contributed by atoms with E-state index in [1.54, 1.807) is 60.7 Å². The molecule has 20 nitrogen and oxygen atoms in total. The zero-order valence-corrected chi connectivity index (χ0v) is 47.3. The zero-order valence-electron chi connectivity index (χ0n) is 45.8. The second-order valence-electron chi connectivity index (χ2n) is 18.8. The number of hydrogen-bond acceptors (Lipinski definition) is 20. The molecule has 0 N–H and O–H groups in total. The molecule has 2 aliphatic rings. The topological polar surface area (TPSA) is 247 Å². The molecule has 80 heavy (non-hydrogen) atoms. The molecule has 2 aliphatic heterocycles. The Kier molecular flexibility index (Phi) is 21.9. The third-order valence-electron chi connectivity index (χ3n) is 12.8. The van der Waals surface area contributed by atoms with Crippen LogP contribution in [0, 0.1) is 0 Å². The Bertz CT molecular complexity index is 2680. The number of halogens is 2. The second kappa shape index (κ2) is 28.2. The van der Waals surface area contributed by atoms with Crippen LogP contribution in [0.2, 0.25) is 10.0 Å². The second-order valence-corrected chi connectivity index (χ2v) is 19.6. The molecule has 22 heteroatoms. The Morgan fingerprint density at radius 1 is 0.412 bits per heavy atom. The number of benzene rings is 4. The van der Waals surface area contributed by atoms with Gasteiger partial charge >= 0.3 is 47.8 Å². The maximum atomic E-state index is 13.0. The summed E-state index contributed by atoms with van der Waals surface area (Å²) in [6.45, 7) is 12.6. The molecule has 2 heterocycles. The summed E-state index contributed by atoms with van der Waals surface area (Å²) in [6.07, 6.45) is -14.0. The van der Waals surface area contributed by atoms with Gasteiger partial charge in [0.1, 0.15) is 49.1 Å². The van der Waals surface area contributed by atoms with Crippen LogP contribution in [0.5, 0.6) is 11.5 Å². The molecule has 0 spiro atoms. The number of rotatable bonds is 21. The summed E-state index contributed by atoms with van der Waals surface area (Å²) in [5, 5.41) is 0.446. The fraction of sp³-hybridized carbons (Fsp3) is 0.448. The van der Waals surface area contributed by atoms with Gasteiger partial charge in [0, 0.05) is 77.3 Å². The van der Waals surface area contributed by atoms with Crippen molar-refractivity contribution in [2.45, 2.75) is 142 Å². The number of carbonyl (C=O) groups excluding carboxylic acids is 8. The molecule has 0 aromatic heterocycles. The minimum Gasteiger partial charge on any atom is -0.494 e.